The lowest BCUT2D eigenvalue weighted by Crippen LogP contribution is -2.44. The fraction of sp³-hybridized carbons (Fsp3) is 0.411. The number of rotatable bonds is 32. The predicted molar refractivity (Wildman–Crippen MR) is 481 cm³/mol. The Morgan fingerprint density at radius 3 is 0.944 bits per heavy atom. The lowest BCUT2D eigenvalue weighted by molar-refractivity contribution is -0.137. The van der Waals surface area contributed by atoms with Crippen molar-refractivity contribution >= 4 is 71.9 Å². The Bertz CT molecular complexity index is 4390. The van der Waals surface area contributed by atoms with Crippen molar-refractivity contribution in [2.24, 2.45) is 0 Å². The number of hydrogen-bond acceptors (Lipinski definition) is 23. The second-order valence-electron chi connectivity index (χ2n) is 30.0. The molecule has 0 bridgehead atoms. The molecule has 0 saturated carbocycles. The van der Waals surface area contributed by atoms with E-state index in [9.17, 15) is 38.4 Å². The molecule has 13 rings (SSSR count). The highest BCUT2D eigenvalue weighted by atomic mass is 16.5. The van der Waals surface area contributed by atoms with Gasteiger partial charge in [0.1, 0.15) is 0 Å². The van der Waals surface area contributed by atoms with E-state index in [1.807, 2.05) is 74.5 Å². The van der Waals surface area contributed by atoms with E-state index in [0.717, 1.165) is 186 Å². The Kier molecular flexibility index (Phi) is 49.1. The standard InChI is InChI=1S/C15H20N2O2.C13H18N2O2.C13H18N2O.C12H17N3O2.C12H16N2O3.C11H13NO2.C10H11NO2.C9H9NO2/c18-15(19)5-3-4-13-6-7-14(16-12-13)8-11-17-9-1-2-10-17;16-13(17)11-4-5-12(14-10-11)6-9-15-7-2-1-3-8-15;1-11(16)12-4-5-13(14-10-12)6-9-15-7-2-3-8-15;16-12(17)10-1-2-11(14-9-10)3-6-15-7-4-13-5-8-15;15-12(16)10-1-2-11(13-9-10)3-4-14-5-7-17-8-6-14;1-2-10-7-6-9(8-12-10)4-3-5-11(13)14;1-8-5-6-9(7-11-8)3-2-4-10(12)13;11-9(12)5-1-3-8-4-2-6-10-7-8/h3-4,6-7,12H,1-2,5,8-11H2,(H,18,19);4-5,10H,1-3,6-9H2,(H,16,17);4-5,10H,2-3,6-9H2,1H3;1-2,9,13H,3-8H2,(H,16,17);1-2,9H,3-8H2,(H,15,16);3-4,6-8H,2,5H2,1H3,(H,13,14);2-3,5-7H,4H2,1H3,(H,12,13);1-4,6-7H,5H2,(H,11,12)/b4-3+;;;;;4-3+;3-2+;3-1+. The second kappa shape index (κ2) is 60.4. The first-order valence-corrected chi connectivity index (χ1v) is 42.6. The van der Waals surface area contributed by atoms with Crippen LogP contribution in [0.4, 0.5) is 0 Å². The molecule has 8 N–H and O–H groups in total. The number of aromatic carboxylic acids is 3. The van der Waals surface area contributed by atoms with E-state index >= 15 is 0 Å². The number of aromatic nitrogens is 8. The summed E-state index contributed by atoms with van der Waals surface area (Å²) in [6.07, 6.45) is 43.0. The van der Waals surface area contributed by atoms with Gasteiger partial charge in [-0.15, -0.1) is 0 Å². The molecule has 13 heterocycles. The smallest absolute Gasteiger partial charge is 0.337 e. The fourth-order valence-corrected chi connectivity index (χ4v) is 12.9. The van der Waals surface area contributed by atoms with E-state index in [0.29, 0.717) is 5.56 Å². The lowest BCUT2D eigenvalue weighted by Gasteiger charge is -2.26. The number of ether oxygens (including phenoxy) is 1. The highest BCUT2D eigenvalue weighted by Crippen LogP contribution is 2.15. The summed E-state index contributed by atoms with van der Waals surface area (Å²) < 4.78 is 5.27. The number of carboxylic acid groups (broad SMARTS) is 7. The van der Waals surface area contributed by atoms with Gasteiger partial charge in [-0.2, -0.15) is 0 Å². The topological polar surface area (TPSA) is 419 Å². The molecule has 0 unspecified atom stereocenters. The number of carboxylic acids is 7. The van der Waals surface area contributed by atoms with Crippen molar-refractivity contribution in [1.29, 1.82) is 0 Å². The van der Waals surface area contributed by atoms with E-state index in [2.05, 4.69) is 69.7 Å². The fourth-order valence-electron chi connectivity index (χ4n) is 12.9. The molecule has 125 heavy (non-hydrogen) atoms. The van der Waals surface area contributed by atoms with Crippen molar-refractivity contribution in [3.8, 4) is 0 Å². The number of carbonyl (C=O) groups is 8. The first kappa shape index (κ1) is 102. The molecule has 0 spiro atoms. The molecule has 0 atom stereocenters. The molecular formula is C95H122N14O16. The number of aryl methyl sites for hydroxylation is 2. The van der Waals surface area contributed by atoms with Gasteiger partial charge in [0, 0.05) is 205 Å². The number of nitrogens with zero attached hydrogens (tertiary/aromatic N) is 13. The van der Waals surface area contributed by atoms with Gasteiger partial charge in [0.25, 0.3) is 0 Å². The Hall–Kier alpha value is -12.2. The Morgan fingerprint density at radius 2 is 0.656 bits per heavy atom. The van der Waals surface area contributed by atoms with Crippen molar-refractivity contribution in [2.75, 3.05) is 124 Å². The van der Waals surface area contributed by atoms with E-state index in [1.165, 1.54) is 103 Å². The average Bonchev–Trinajstić information content (AvgIpc) is 1.61. The predicted octanol–water partition coefficient (Wildman–Crippen LogP) is 12.4. The number of nitrogens with one attached hydrogen (secondary N) is 1. The van der Waals surface area contributed by atoms with Crippen LogP contribution in [0.5, 0.6) is 0 Å². The SMILES string of the molecule is CC(=O)c1ccc(CCN2CCCC2)nc1.CCc1ccc(/C=C/CC(=O)O)cn1.Cc1ccc(/C=C/CC(=O)O)cn1.O=C(O)C/C=C/c1ccc(CCN2CCCC2)nc1.O=C(O)C/C=C/c1cccnc1.O=C(O)c1ccc(CCN2CCCCC2)nc1.O=C(O)c1ccc(CCN2CCNCC2)nc1.O=C(O)c1ccc(CCN2CCOCC2)nc1. The zero-order valence-electron chi connectivity index (χ0n) is 72.1. The third-order valence-corrected chi connectivity index (χ3v) is 20.1. The van der Waals surface area contributed by atoms with Crippen LogP contribution in [0.2, 0.25) is 0 Å². The highest BCUT2D eigenvalue weighted by molar-refractivity contribution is 5.93. The number of morpholine rings is 1. The van der Waals surface area contributed by atoms with Crippen molar-refractivity contribution < 1.29 is 78.8 Å². The van der Waals surface area contributed by atoms with E-state index in [4.69, 9.17) is 40.5 Å². The van der Waals surface area contributed by atoms with Crippen LogP contribution in [0.1, 0.15) is 188 Å². The lowest BCUT2D eigenvalue weighted by atomic mass is 10.1. The van der Waals surface area contributed by atoms with Gasteiger partial charge in [-0.25, -0.2) is 14.4 Å². The first-order chi connectivity index (χ1) is 60.4. The van der Waals surface area contributed by atoms with Crippen molar-refractivity contribution in [2.45, 2.75) is 130 Å². The van der Waals surface area contributed by atoms with Crippen LogP contribution in [0.15, 0.2) is 177 Å². The first-order valence-electron chi connectivity index (χ1n) is 42.6. The summed E-state index contributed by atoms with van der Waals surface area (Å²) in [5.41, 5.74) is 12.2. The third-order valence-electron chi connectivity index (χ3n) is 20.1. The summed E-state index contributed by atoms with van der Waals surface area (Å²) in [5, 5.41) is 63.2. The number of piperazine rings is 1. The third kappa shape index (κ3) is 46.2. The summed E-state index contributed by atoms with van der Waals surface area (Å²) in [4.78, 5) is 129. The second-order valence-corrected chi connectivity index (χ2v) is 30.0. The van der Waals surface area contributed by atoms with Gasteiger partial charge in [-0.05, 0) is 193 Å². The number of carbonyl (C=O) groups excluding carboxylic acids is 1. The van der Waals surface area contributed by atoms with Gasteiger partial charge >= 0.3 is 41.8 Å². The Morgan fingerprint density at radius 1 is 0.352 bits per heavy atom. The van der Waals surface area contributed by atoms with Gasteiger partial charge in [-0.3, -0.25) is 68.7 Å². The van der Waals surface area contributed by atoms with Crippen LogP contribution in [0.25, 0.3) is 24.3 Å². The van der Waals surface area contributed by atoms with Crippen LogP contribution in [-0.4, -0.2) is 272 Å². The Labute approximate surface area is 732 Å². The molecule has 0 radical (unpaired) electrons. The number of hydrogen-bond donors (Lipinski definition) is 8. The van der Waals surface area contributed by atoms with Crippen LogP contribution < -0.4 is 5.32 Å². The van der Waals surface area contributed by atoms with Crippen LogP contribution >= 0.6 is 0 Å². The molecule has 30 nitrogen and oxygen atoms in total. The number of likely N-dealkylation sites (tertiary alicyclic amines) is 3. The molecule has 30 heteroatoms. The monoisotopic (exact) mass is 1710 g/mol. The molecule has 8 aromatic rings. The summed E-state index contributed by atoms with van der Waals surface area (Å²) in [5.74, 6) is -5.97. The summed E-state index contributed by atoms with van der Waals surface area (Å²) in [6.45, 7) is 25.7. The molecule has 0 aromatic carbocycles. The quantitative estimate of drug-likeness (QED) is 0.0182. The van der Waals surface area contributed by atoms with Gasteiger partial charge in [0.15, 0.2) is 5.78 Å². The maximum atomic E-state index is 11.1. The molecule has 0 aliphatic carbocycles. The molecule has 8 aromatic heterocycles. The van der Waals surface area contributed by atoms with Crippen LogP contribution in [0, 0.1) is 6.92 Å². The van der Waals surface area contributed by atoms with Crippen molar-refractivity contribution in [3.05, 3.63) is 262 Å². The highest BCUT2D eigenvalue weighted by Gasteiger charge is 2.17. The van der Waals surface area contributed by atoms with Crippen molar-refractivity contribution in [1.82, 2.24) is 69.7 Å². The van der Waals surface area contributed by atoms with Crippen LogP contribution in [-0.2, 0) is 62.4 Å². The number of pyridine rings is 8. The summed E-state index contributed by atoms with van der Waals surface area (Å²) in [7, 11) is 0. The van der Waals surface area contributed by atoms with Crippen molar-refractivity contribution in [3.63, 3.8) is 0 Å². The van der Waals surface area contributed by atoms with Gasteiger partial charge in [0.05, 0.1) is 55.6 Å². The normalized spacial score (nSPS) is 14.8. The summed E-state index contributed by atoms with van der Waals surface area (Å²) >= 11 is 0. The number of Topliss-reactive ketones (excluding diaryl/α,β-unsaturated/α-hetero) is 1. The van der Waals surface area contributed by atoms with Gasteiger partial charge < -0.3 is 65.4 Å². The molecule has 668 valence electrons. The molecule has 0 amide bonds. The largest absolute Gasteiger partial charge is 0.481 e. The zero-order valence-corrected chi connectivity index (χ0v) is 72.1. The van der Waals surface area contributed by atoms with E-state index in [-0.39, 0.29) is 48.2 Å². The molecule has 5 fully saturated rings. The summed E-state index contributed by atoms with van der Waals surface area (Å²) in [6, 6.07) is 29.4. The molecule has 5 aliphatic heterocycles. The zero-order chi connectivity index (χ0) is 90.0. The Balaban J connectivity index is 0.000000222. The molecular weight excluding hydrogens is 1590 g/mol. The number of aliphatic carboxylic acids is 4. The number of piperidine rings is 1. The van der Waals surface area contributed by atoms with Gasteiger partial charge in [-0.1, -0.05) is 86.2 Å². The van der Waals surface area contributed by atoms with Gasteiger partial charge in [0.2, 0.25) is 0 Å². The molecule has 5 aliphatic rings. The van der Waals surface area contributed by atoms with E-state index < -0.39 is 41.8 Å². The minimum atomic E-state index is -0.933. The number of ketones is 1. The van der Waals surface area contributed by atoms with E-state index in [1.54, 1.807) is 129 Å². The van der Waals surface area contributed by atoms with Crippen LogP contribution in [0.3, 0.4) is 0 Å². The molecule has 5 saturated heterocycles. The minimum Gasteiger partial charge on any atom is -0.481 e. The average molecular weight is 1720 g/mol. The maximum Gasteiger partial charge on any atom is 0.337 e. The minimum absolute atomic E-state index is 0.0495. The maximum absolute atomic E-state index is 11.1.